The van der Waals surface area contributed by atoms with Crippen molar-refractivity contribution in [3.8, 4) is 11.4 Å². The fraction of sp³-hybridized carbons (Fsp3) is 0.500. The van der Waals surface area contributed by atoms with Crippen molar-refractivity contribution < 1.29 is 0 Å². The maximum Gasteiger partial charge on any atom is 0.161 e. The summed E-state index contributed by atoms with van der Waals surface area (Å²) < 4.78 is 0. The van der Waals surface area contributed by atoms with Gasteiger partial charge in [-0.25, -0.2) is 9.97 Å². The SMILES string of the molecule is CCCNc1cc(CCC)nc(-c2ccnc(C(C)C)c2)n1. The van der Waals surface area contributed by atoms with Crippen LogP contribution in [0.1, 0.15) is 57.8 Å². The highest BCUT2D eigenvalue weighted by molar-refractivity contribution is 5.58. The Morgan fingerprint density at radius 1 is 1.09 bits per heavy atom. The Balaban J connectivity index is 2.39. The topological polar surface area (TPSA) is 50.7 Å². The number of hydrogen-bond donors (Lipinski definition) is 1. The molecule has 0 spiro atoms. The maximum atomic E-state index is 4.72. The average molecular weight is 298 g/mol. The minimum Gasteiger partial charge on any atom is -0.370 e. The summed E-state index contributed by atoms with van der Waals surface area (Å²) in [7, 11) is 0. The van der Waals surface area contributed by atoms with E-state index in [9.17, 15) is 0 Å². The Labute approximate surface area is 133 Å². The smallest absolute Gasteiger partial charge is 0.161 e. The van der Waals surface area contributed by atoms with Crippen LogP contribution in [-0.4, -0.2) is 21.5 Å². The minimum absolute atomic E-state index is 0.400. The molecule has 4 heteroatoms. The highest BCUT2D eigenvalue weighted by Gasteiger charge is 2.09. The van der Waals surface area contributed by atoms with Crippen molar-refractivity contribution in [3.05, 3.63) is 35.8 Å². The van der Waals surface area contributed by atoms with E-state index in [0.29, 0.717) is 5.92 Å². The van der Waals surface area contributed by atoms with Gasteiger partial charge in [0, 0.05) is 35.8 Å². The third kappa shape index (κ3) is 4.26. The van der Waals surface area contributed by atoms with Gasteiger partial charge in [0.15, 0.2) is 5.82 Å². The molecule has 1 N–H and O–H groups in total. The first kappa shape index (κ1) is 16.4. The zero-order chi connectivity index (χ0) is 15.9. The normalized spacial score (nSPS) is 11.0. The lowest BCUT2D eigenvalue weighted by Crippen LogP contribution is -2.06. The molecular formula is C18H26N4. The molecule has 4 nitrogen and oxygen atoms in total. The van der Waals surface area contributed by atoms with Crippen LogP contribution in [0.3, 0.4) is 0 Å². The van der Waals surface area contributed by atoms with Crippen LogP contribution in [0.4, 0.5) is 5.82 Å². The molecule has 22 heavy (non-hydrogen) atoms. The van der Waals surface area contributed by atoms with Crippen molar-refractivity contribution >= 4 is 5.82 Å². The van der Waals surface area contributed by atoms with Crippen LogP contribution in [0, 0.1) is 0 Å². The van der Waals surface area contributed by atoms with Crippen LogP contribution in [0.2, 0.25) is 0 Å². The van der Waals surface area contributed by atoms with Crippen molar-refractivity contribution in [2.75, 3.05) is 11.9 Å². The van der Waals surface area contributed by atoms with Gasteiger partial charge in [0.2, 0.25) is 0 Å². The standard InChI is InChI=1S/C18H26N4/c1-5-7-15-12-17(20-9-6-2)22-18(21-15)14-8-10-19-16(11-14)13(3)4/h8,10-13H,5-7,9H2,1-4H3,(H,20,21,22). The zero-order valence-electron chi connectivity index (χ0n) is 14.1. The summed E-state index contributed by atoms with van der Waals surface area (Å²) in [4.78, 5) is 13.8. The lowest BCUT2D eigenvalue weighted by molar-refractivity contribution is 0.822. The molecule has 0 saturated carbocycles. The third-order valence-electron chi connectivity index (χ3n) is 3.47. The Bertz CT molecular complexity index is 608. The van der Waals surface area contributed by atoms with Crippen LogP contribution in [0.25, 0.3) is 11.4 Å². The molecule has 0 bridgehead atoms. The molecule has 2 aromatic heterocycles. The second-order valence-electron chi connectivity index (χ2n) is 5.87. The second-order valence-corrected chi connectivity index (χ2v) is 5.87. The number of nitrogens with zero attached hydrogens (tertiary/aromatic N) is 3. The number of nitrogens with one attached hydrogen (secondary N) is 1. The van der Waals surface area contributed by atoms with Crippen LogP contribution >= 0.6 is 0 Å². The summed E-state index contributed by atoms with van der Waals surface area (Å²) in [6.07, 6.45) is 4.98. The lowest BCUT2D eigenvalue weighted by Gasteiger charge is -2.11. The van der Waals surface area contributed by atoms with Gasteiger partial charge in [0.25, 0.3) is 0 Å². The fourth-order valence-electron chi connectivity index (χ4n) is 2.26. The quantitative estimate of drug-likeness (QED) is 0.821. The Hall–Kier alpha value is -1.97. The third-order valence-corrected chi connectivity index (χ3v) is 3.47. The first-order chi connectivity index (χ1) is 10.6. The molecule has 2 heterocycles. The second kappa shape index (κ2) is 7.87. The van der Waals surface area contributed by atoms with E-state index in [0.717, 1.165) is 54.4 Å². The van der Waals surface area contributed by atoms with E-state index in [2.05, 4.69) is 55.1 Å². The van der Waals surface area contributed by atoms with Gasteiger partial charge in [-0.1, -0.05) is 34.1 Å². The molecule has 0 radical (unpaired) electrons. The monoisotopic (exact) mass is 298 g/mol. The van der Waals surface area contributed by atoms with Gasteiger partial charge in [-0.3, -0.25) is 4.98 Å². The van der Waals surface area contributed by atoms with E-state index in [4.69, 9.17) is 4.98 Å². The van der Waals surface area contributed by atoms with Crippen molar-refractivity contribution in [1.29, 1.82) is 0 Å². The summed E-state index contributed by atoms with van der Waals surface area (Å²) in [6.45, 7) is 9.54. The summed E-state index contributed by atoms with van der Waals surface area (Å²) in [5.74, 6) is 2.10. The highest BCUT2D eigenvalue weighted by Crippen LogP contribution is 2.21. The zero-order valence-corrected chi connectivity index (χ0v) is 14.1. The largest absolute Gasteiger partial charge is 0.370 e. The first-order valence-corrected chi connectivity index (χ1v) is 8.22. The predicted molar refractivity (Wildman–Crippen MR) is 92.1 cm³/mol. The van der Waals surface area contributed by atoms with Gasteiger partial charge in [-0.05, 0) is 30.9 Å². The van der Waals surface area contributed by atoms with E-state index in [1.165, 1.54) is 0 Å². The summed E-state index contributed by atoms with van der Waals surface area (Å²) in [5.41, 5.74) is 3.20. The number of anilines is 1. The molecular weight excluding hydrogens is 272 g/mol. The number of pyridine rings is 1. The van der Waals surface area contributed by atoms with E-state index < -0.39 is 0 Å². The summed E-state index contributed by atoms with van der Waals surface area (Å²) in [6, 6.07) is 6.15. The van der Waals surface area contributed by atoms with Crippen LogP contribution < -0.4 is 5.32 Å². The van der Waals surface area contributed by atoms with Gasteiger partial charge < -0.3 is 5.32 Å². The summed E-state index contributed by atoms with van der Waals surface area (Å²) >= 11 is 0. The number of aryl methyl sites for hydroxylation is 1. The molecule has 0 atom stereocenters. The molecule has 0 amide bonds. The number of hydrogen-bond acceptors (Lipinski definition) is 4. The molecule has 0 fully saturated rings. The van der Waals surface area contributed by atoms with Gasteiger partial charge >= 0.3 is 0 Å². The van der Waals surface area contributed by atoms with E-state index in [1.807, 2.05) is 12.3 Å². The van der Waals surface area contributed by atoms with Crippen molar-refractivity contribution in [2.45, 2.75) is 52.9 Å². The van der Waals surface area contributed by atoms with Gasteiger partial charge in [-0.15, -0.1) is 0 Å². The predicted octanol–water partition coefficient (Wildman–Crippen LogP) is 4.44. The minimum atomic E-state index is 0.400. The fourth-order valence-corrected chi connectivity index (χ4v) is 2.26. The Morgan fingerprint density at radius 2 is 1.91 bits per heavy atom. The van der Waals surface area contributed by atoms with Crippen LogP contribution in [-0.2, 0) is 6.42 Å². The number of rotatable bonds is 7. The number of aromatic nitrogens is 3. The van der Waals surface area contributed by atoms with Gasteiger partial charge in [-0.2, -0.15) is 0 Å². The van der Waals surface area contributed by atoms with Crippen molar-refractivity contribution in [1.82, 2.24) is 15.0 Å². The molecule has 0 aromatic carbocycles. The molecule has 0 saturated heterocycles. The van der Waals surface area contributed by atoms with Crippen LogP contribution in [0.15, 0.2) is 24.4 Å². The molecule has 2 rings (SSSR count). The van der Waals surface area contributed by atoms with E-state index in [1.54, 1.807) is 0 Å². The average Bonchev–Trinajstić information content (AvgIpc) is 2.53. The first-order valence-electron chi connectivity index (χ1n) is 8.22. The lowest BCUT2D eigenvalue weighted by atomic mass is 10.1. The molecule has 0 aliphatic rings. The molecule has 0 aliphatic carbocycles. The Kier molecular flexibility index (Phi) is 5.87. The van der Waals surface area contributed by atoms with Crippen LogP contribution in [0.5, 0.6) is 0 Å². The highest BCUT2D eigenvalue weighted by atomic mass is 15.0. The maximum absolute atomic E-state index is 4.72. The van der Waals surface area contributed by atoms with Gasteiger partial charge in [0.05, 0.1) is 0 Å². The van der Waals surface area contributed by atoms with E-state index >= 15 is 0 Å². The molecule has 0 aliphatic heterocycles. The van der Waals surface area contributed by atoms with Crippen molar-refractivity contribution in [3.63, 3.8) is 0 Å². The van der Waals surface area contributed by atoms with Crippen molar-refractivity contribution in [2.24, 2.45) is 0 Å². The molecule has 118 valence electrons. The summed E-state index contributed by atoms with van der Waals surface area (Å²) in [5, 5.41) is 3.37. The molecule has 2 aromatic rings. The van der Waals surface area contributed by atoms with E-state index in [-0.39, 0.29) is 0 Å². The molecule has 0 unspecified atom stereocenters. The van der Waals surface area contributed by atoms with Gasteiger partial charge in [0.1, 0.15) is 5.82 Å². The Morgan fingerprint density at radius 3 is 2.59 bits per heavy atom.